The number of aliphatic imine (C=N–C) groups is 1. The van der Waals surface area contributed by atoms with Crippen molar-refractivity contribution in [2.24, 2.45) is 16.5 Å². The fraction of sp³-hybridized carbons (Fsp3) is 0.360. The first kappa shape index (κ1) is 24.7. The van der Waals surface area contributed by atoms with Crippen molar-refractivity contribution in [1.29, 1.82) is 0 Å². The largest absolute Gasteiger partial charge is 0.480 e. The molecule has 0 aliphatic carbocycles. The van der Waals surface area contributed by atoms with Crippen LogP contribution >= 0.6 is 0 Å². The number of carboxylic acid groups (broad SMARTS) is 1. The molecule has 0 aromatic heterocycles. The Morgan fingerprint density at radius 2 is 1.83 bits per heavy atom. The highest BCUT2D eigenvalue weighted by molar-refractivity contribution is 5.74. The summed E-state index contributed by atoms with van der Waals surface area (Å²) >= 11 is 0. The smallest absolute Gasteiger partial charge is 0.416 e. The summed E-state index contributed by atoms with van der Waals surface area (Å²) in [7, 11) is 0. The zero-order chi connectivity index (χ0) is 25.2. The zero-order valence-electron chi connectivity index (χ0n) is 19.0. The predicted molar refractivity (Wildman–Crippen MR) is 126 cm³/mol. The van der Waals surface area contributed by atoms with Gasteiger partial charge in [0.05, 0.1) is 5.56 Å². The number of nitrogens with two attached hydrogens (primary N) is 2. The van der Waals surface area contributed by atoms with Gasteiger partial charge >= 0.3 is 12.1 Å². The van der Waals surface area contributed by atoms with Crippen molar-refractivity contribution < 1.29 is 23.1 Å². The van der Waals surface area contributed by atoms with Crippen molar-refractivity contribution in [2.45, 2.75) is 43.2 Å². The Labute approximate surface area is 201 Å². The summed E-state index contributed by atoms with van der Waals surface area (Å²) in [5.74, 6) is -1.71. The second kappa shape index (κ2) is 9.71. The van der Waals surface area contributed by atoms with E-state index in [1.165, 1.54) is 6.07 Å². The summed E-state index contributed by atoms with van der Waals surface area (Å²) in [5, 5.41) is 12.2. The van der Waals surface area contributed by atoms with Crippen LogP contribution in [0.3, 0.4) is 0 Å². The quantitative estimate of drug-likeness (QED) is 0.498. The van der Waals surface area contributed by atoms with E-state index in [2.05, 4.69) is 15.2 Å². The number of nitrogens with one attached hydrogen (secondary N) is 1. The van der Waals surface area contributed by atoms with Crippen LogP contribution < -0.4 is 16.8 Å². The molecule has 0 saturated carbocycles. The highest BCUT2D eigenvalue weighted by Crippen LogP contribution is 2.39. The molecule has 4 rings (SSSR count). The highest BCUT2D eigenvalue weighted by Gasteiger charge is 2.36. The molecule has 2 aliphatic rings. The minimum Gasteiger partial charge on any atom is -0.480 e. The maximum Gasteiger partial charge on any atom is 0.416 e. The minimum atomic E-state index is -4.37. The molecule has 2 aliphatic heterocycles. The van der Waals surface area contributed by atoms with Gasteiger partial charge in [0.25, 0.3) is 0 Å². The molecule has 35 heavy (non-hydrogen) atoms. The van der Waals surface area contributed by atoms with Gasteiger partial charge < -0.3 is 21.1 Å². The lowest BCUT2D eigenvalue weighted by Gasteiger charge is -2.40. The average molecular weight is 488 g/mol. The molecule has 7 nitrogen and oxygen atoms in total. The van der Waals surface area contributed by atoms with E-state index in [-0.39, 0.29) is 12.3 Å². The van der Waals surface area contributed by atoms with Crippen LogP contribution in [0.15, 0.2) is 65.4 Å². The van der Waals surface area contributed by atoms with Crippen LogP contribution in [-0.4, -0.2) is 41.3 Å². The normalized spacial score (nSPS) is 21.9. The number of halogens is 3. The number of carbonyl (C=O) groups is 1. The van der Waals surface area contributed by atoms with Gasteiger partial charge in [0.15, 0.2) is 0 Å². The first-order valence-corrected chi connectivity index (χ1v) is 11.4. The first-order valence-electron chi connectivity index (χ1n) is 11.4. The molecule has 6 N–H and O–H groups in total. The van der Waals surface area contributed by atoms with Crippen LogP contribution in [-0.2, 0) is 23.2 Å². The molecule has 1 fully saturated rings. The minimum absolute atomic E-state index is 0.172. The van der Waals surface area contributed by atoms with E-state index in [0.29, 0.717) is 37.1 Å². The SMILES string of the molecule is N[C@@H](Cc1ccc(C2(N)N=CC=C(N3CCC(c4ccccc4C(F)(F)F)CC3)N2)cc1)C(=O)O. The molecule has 2 aromatic rings. The molecule has 186 valence electrons. The number of piperidine rings is 1. The van der Waals surface area contributed by atoms with Gasteiger partial charge in [-0.05, 0) is 48.4 Å². The summed E-state index contributed by atoms with van der Waals surface area (Å²) in [5.41, 5.74) is 13.4. The predicted octanol–water partition coefficient (Wildman–Crippen LogP) is 3.12. The van der Waals surface area contributed by atoms with E-state index < -0.39 is 29.5 Å². The standard InChI is InChI=1S/C25H28F3N5O2/c26-24(27,28)20-4-2-1-3-19(20)17-10-13-33(14-11-17)22-9-12-31-25(30,32-22)18-7-5-16(6-8-18)15-21(29)23(34)35/h1-9,12,17,21,32H,10-11,13-15,29-30H2,(H,34,35)/t21-,25?/m0/s1. The van der Waals surface area contributed by atoms with Crippen LogP contribution in [0.2, 0.25) is 0 Å². The monoisotopic (exact) mass is 487 g/mol. The Hall–Kier alpha value is -3.37. The number of nitrogens with zero attached hydrogens (tertiary/aromatic N) is 2. The number of hydrogen-bond donors (Lipinski definition) is 4. The van der Waals surface area contributed by atoms with Gasteiger partial charge in [-0.3, -0.25) is 10.5 Å². The molecule has 0 radical (unpaired) electrons. The molecular formula is C25H28F3N5O2. The number of allylic oxidation sites excluding steroid dienone is 1. The maximum atomic E-state index is 13.4. The fourth-order valence-corrected chi connectivity index (χ4v) is 4.60. The molecule has 10 heteroatoms. The van der Waals surface area contributed by atoms with Crippen molar-refractivity contribution in [3.63, 3.8) is 0 Å². The average Bonchev–Trinajstić information content (AvgIpc) is 2.84. The third kappa shape index (κ3) is 5.49. The number of benzene rings is 2. The molecular weight excluding hydrogens is 459 g/mol. The Balaban J connectivity index is 1.41. The Kier molecular flexibility index (Phi) is 6.86. The summed E-state index contributed by atoms with van der Waals surface area (Å²) in [6.45, 7) is 1.15. The number of rotatable bonds is 6. The van der Waals surface area contributed by atoms with Gasteiger partial charge in [-0.15, -0.1) is 0 Å². The van der Waals surface area contributed by atoms with Crippen LogP contribution in [0.4, 0.5) is 13.2 Å². The second-order valence-corrected chi connectivity index (χ2v) is 8.91. The fourth-order valence-electron chi connectivity index (χ4n) is 4.60. The van der Waals surface area contributed by atoms with Crippen LogP contribution in [0, 0.1) is 0 Å². The van der Waals surface area contributed by atoms with Crippen molar-refractivity contribution in [3.8, 4) is 0 Å². The van der Waals surface area contributed by atoms with E-state index in [1.54, 1.807) is 48.7 Å². The molecule has 0 spiro atoms. The number of aliphatic carboxylic acids is 1. The summed E-state index contributed by atoms with van der Waals surface area (Å²) in [6, 6.07) is 11.9. The van der Waals surface area contributed by atoms with Gasteiger partial charge in [0, 0.05) is 24.9 Å². The molecule has 1 unspecified atom stereocenters. The molecule has 0 amide bonds. The van der Waals surface area contributed by atoms with Gasteiger partial charge in [-0.25, -0.2) is 4.99 Å². The molecule has 1 saturated heterocycles. The Bertz CT molecular complexity index is 1120. The van der Waals surface area contributed by atoms with E-state index in [4.69, 9.17) is 16.6 Å². The Morgan fingerprint density at radius 3 is 2.46 bits per heavy atom. The van der Waals surface area contributed by atoms with E-state index in [0.717, 1.165) is 17.5 Å². The van der Waals surface area contributed by atoms with Gasteiger partial charge in [0.1, 0.15) is 11.9 Å². The topological polar surface area (TPSA) is 117 Å². The molecule has 2 atom stereocenters. The van der Waals surface area contributed by atoms with Crippen LogP contribution in [0.5, 0.6) is 0 Å². The highest BCUT2D eigenvalue weighted by atomic mass is 19.4. The first-order chi connectivity index (χ1) is 16.6. The van der Waals surface area contributed by atoms with Crippen molar-refractivity contribution in [2.75, 3.05) is 13.1 Å². The van der Waals surface area contributed by atoms with Crippen molar-refractivity contribution >= 4 is 12.2 Å². The molecule has 2 aromatic carbocycles. The van der Waals surface area contributed by atoms with Gasteiger partial charge in [-0.2, -0.15) is 13.2 Å². The number of alkyl halides is 3. The summed E-state index contributed by atoms with van der Waals surface area (Å²) < 4.78 is 40.3. The lowest BCUT2D eigenvalue weighted by Crippen LogP contribution is -2.53. The third-order valence-corrected chi connectivity index (χ3v) is 6.54. The second-order valence-electron chi connectivity index (χ2n) is 8.91. The van der Waals surface area contributed by atoms with Crippen LogP contribution in [0.1, 0.15) is 41.0 Å². The maximum absolute atomic E-state index is 13.4. The summed E-state index contributed by atoms with van der Waals surface area (Å²) in [6.07, 6.45) is 0.408. The number of likely N-dealkylation sites (tertiary alicyclic amines) is 1. The van der Waals surface area contributed by atoms with E-state index >= 15 is 0 Å². The number of hydrogen-bond acceptors (Lipinski definition) is 6. The third-order valence-electron chi connectivity index (χ3n) is 6.54. The number of carboxylic acids is 1. The lowest BCUT2D eigenvalue weighted by atomic mass is 9.86. The Morgan fingerprint density at radius 1 is 1.17 bits per heavy atom. The van der Waals surface area contributed by atoms with E-state index in [9.17, 15) is 18.0 Å². The summed E-state index contributed by atoms with van der Waals surface area (Å²) in [4.78, 5) is 17.4. The lowest BCUT2D eigenvalue weighted by molar-refractivity contribution is -0.139. The van der Waals surface area contributed by atoms with Crippen LogP contribution in [0.25, 0.3) is 0 Å². The van der Waals surface area contributed by atoms with Gasteiger partial charge in [0.2, 0.25) is 5.79 Å². The van der Waals surface area contributed by atoms with Crippen molar-refractivity contribution in [1.82, 2.24) is 10.2 Å². The van der Waals surface area contributed by atoms with Gasteiger partial charge in [-0.1, -0.05) is 42.5 Å². The van der Waals surface area contributed by atoms with Crippen molar-refractivity contribution in [3.05, 3.63) is 82.7 Å². The molecule has 2 heterocycles. The zero-order valence-corrected chi connectivity index (χ0v) is 19.0. The van der Waals surface area contributed by atoms with E-state index in [1.807, 2.05) is 0 Å². The molecule has 0 bridgehead atoms.